The number of nitrogens with one attached hydrogen (secondary N) is 1. The Morgan fingerprint density at radius 3 is 2.43 bits per heavy atom. The van der Waals surface area contributed by atoms with Crippen molar-refractivity contribution in [2.45, 2.75) is 0 Å². The van der Waals surface area contributed by atoms with Crippen LogP contribution in [0.15, 0.2) is 73.1 Å². The van der Waals surface area contributed by atoms with Crippen LogP contribution in [0.3, 0.4) is 0 Å². The van der Waals surface area contributed by atoms with Gasteiger partial charge >= 0.3 is 0 Å². The molecule has 4 nitrogen and oxygen atoms in total. The fourth-order valence-corrected chi connectivity index (χ4v) is 1.95. The van der Waals surface area contributed by atoms with Gasteiger partial charge in [0.05, 0.1) is 17.6 Å². The van der Waals surface area contributed by atoms with Crippen molar-refractivity contribution in [2.24, 2.45) is 0 Å². The number of aromatic nitrogens is 1. The third-order valence-electron chi connectivity index (χ3n) is 2.86. The average molecular weight is 277 g/mol. The van der Waals surface area contributed by atoms with E-state index in [4.69, 9.17) is 10.5 Å². The number of para-hydroxylation sites is 1. The van der Waals surface area contributed by atoms with Crippen molar-refractivity contribution >= 4 is 17.1 Å². The van der Waals surface area contributed by atoms with Gasteiger partial charge in [-0.3, -0.25) is 4.98 Å². The number of hydrogen-bond acceptors (Lipinski definition) is 4. The van der Waals surface area contributed by atoms with Crippen molar-refractivity contribution in [2.75, 3.05) is 11.1 Å². The van der Waals surface area contributed by atoms with Crippen molar-refractivity contribution in [3.8, 4) is 11.5 Å². The number of hydrogen-bond donors (Lipinski definition) is 2. The maximum Gasteiger partial charge on any atom is 0.129 e. The molecule has 3 rings (SSSR count). The molecule has 0 bridgehead atoms. The van der Waals surface area contributed by atoms with Crippen LogP contribution < -0.4 is 15.8 Å². The molecule has 0 unspecified atom stereocenters. The first-order chi connectivity index (χ1) is 10.3. The smallest absolute Gasteiger partial charge is 0.129 e. The standard InChI is InChI=1S/C17H15N3O/c18-13-9-15(12-19-11-13)20-14-5-4-8-17(10-14)21-16-6-2-1-3-7-16/h1-12,20H,18H2. The molecule has 21 heavy (non-hydrogen) atoms. The van der Waals surface area contributed by atoms with Gasteiger partial charge in [0.15, 0.2) is 0 Å². The molecule has 104 valence electrons. The highest BCUT2D eigenvalue weighted by atomic mass is 16.5. The summed E-state index contributed by atoms with van der Waals surface area (Å²) in [4.78, 5) is 4.05. The number of nitrogens with two attached hydrogens (primary N) is 1. The lowest BCUT2D eigenvalue weighted by Gasteiger charge is -2.09. The van der Waals surface area contributed by atoms with Gasteiger partial charge in [0, 0.05) is 18.0 Å². The highest BCUT2D eigenvalue weighted by Crippen LogP contribution is 2.25. The Hall–Kier alpha value is -3.01. The van der Waals surface area contributed by atoms with E-state index >= 15 is 0 Å². The van der Waals surface area contributed by atoms with Crippen molar-refractivity contribution in [3.05, 3.63) is 73.1 Å². The molecule has 4 heteroatoms. The third kappa shape index (κ3) is 3.51. The highest BCUT2D eigenvalue weighted by molar-refractivity contribution is 5.63. The van der Waals surface area contributed by atoms with Gasteiger partial charge in [0.2, 0.25) is 0 Å². The molecule has 0 saturated carbocycles. The lowest BCUT2D eigenvalue weighted by molar-refractivity contribution is 0.483. The SMILES string of the molecule is Nc1cncc(Nc2cccc(Oc3ccccc3)c2)c1. The Morgan fingerprint density at radius 2 is 1.62 bits per heavy atom. The number of ether oxygens (including phenoxy) is 1. The summed E-state index contributed by atoms with van der Waals surface area (Å²) in [5, 5.41) is 3.25. The summed E-state index contributed by atoms with van der Waals surface area (Å²) in [5.41, 5.74) is 8.09. The molecule has 0 spiro atoms. The maximum atomic E-state index is 5.80. The van der Waals surface area contributed by atoms with Gasteiger partial charge in [0.25, 0.3) is 0 Å². The van der Waals surface area contributed by atoms with E-state index in [1.165, 1.54) is 0 Å². The van der Waals surface area contributed by atoms with Gasteiger partial charge in [-0.05, 0) is 30.3 Å². The van der Waals surface area contributed by atoms with Crippen LogP contribution in [0.2, 0.25) is 0 Å². The van der Waals surface area contributed by atoms with Crippen LogP contribution in [0.4, 0.5) is 17.1 Å². The number of anilines is 3. The number of nitrogens with zero attached hydrogens (tertiary/aromatic N) is 1. The van der Waals surface area contributed by atoms with E-state index < -0.39 is 0 Å². The predicted octanol–water partition coefficient (Wildman–Crippen LogP) is 4.20. The molecule has 3 N–H and O–H groups in total. The zero-order valence-corrected chi connectivity index (χ0v) is 11.4. The zero-order valence-electron chi connectivity index (χ0n) is 11.4. The van der Waals surface area contributed by atoms with Gasteiger partial charge in [-0.15, -0.1) is 0 Å². The highest BCUT2D eigenvalue weighted by Gasteiger charge is 2.00. The van der Waals surface area contributed by atoms with Crippen LogP contribution >= 0.6 is 0 Å². The van der Waals surface area contributed by atoms with E-state index in [1.54, 1.807) is 12.4 Å². The largest absolute Gasteiger partial charge is 0.457 e. The van der Waals surface area contributed by atoms with Crippen LogP contribution in [-0.4, -0.2) is 4.98 Å². The second-order valence-corrected chi connectivity index (χ2v) is 4.57. The molecule has 3 aromatic rings. The molecular formula is C17H15N3O. The second-order valence-electron chi connectivity index (χ2n) is 4.57. The summed E-state index contributed by atoms with van der Waals surface area (Å²) in [7, 11) is 0. The fourth-order valence-electron chi connectivity index (χ4n) is 1.95. The molecule has 0 aliphatic carbocycles. The monoisotopic (exact) mass is 277 g/mol. The minimum absolute atomic E-state index is 0.622. The number of nitrogen functional groups attached to an aromatic ring is 1. The minimum Gasteiger partial charge on any atom is -0.457 e. The summed E-state index contributed by atoms with van der Waals surface area (Å²) in [6.45, 7) is 0. The van der Waals surface area contributed by atoms with Gasteiger partial charge in [0.1, 0.15) is 11.5 Å². The first-order valence-corrected chi connectivity index (χ1v) is 6.60. The zero-order chi connectivity index (χ0) is 14.5. The van der Waals surface area contributed by atoms with E-state index in [9.17, 15) is 0 Å². The number of pyridine rings is 1. The van der Waals surface area contributed by atoms with Gasteiger partial charge in [-0.2, -0.15) is 0 Å². The summed E-state index contributed by atoms with van der Waals surface area (Å²) < 4.78 is 5.80. The predicted molar refractivity (Wildman–Crippen MR) is 84.9 cm³/mol. The summed E-state index contributed by atoms with van der Waals surface area (Å²) in [6.07, 6.45) is 3.33. The topological polar surface area (TPSA) is 60.2 Å². The lowest BCUT2D eigenvalue weighted by Crippen LogP contribution is -1.94. The molecule has 0 aliphatic rings. The van der Waals surface area contributed by atoms with Crippen molar-refractivity contribution in [1.82, 2.24) is 4.98 Å². The van der Waals surface area contributed by atoms with Crippen LogP contribution in [0.5, 0.6) is 11.5 Å². The van der Waals surface area contributed by atoms with Crippen LogP contribution in [-0.2, 0) is 0 Å². The van der Waals surface area contributed by atoms with Crippen LogP contribution in [0, 0.1) is 0 Å². The minimum atomic E-state index is 0.622. The normalized spacial score (nSPS) is 10.1. The molecule has 1 heterocycles. The first kappa shape index (κ1) is 13.0. The van der Waals surface area contributed by atoms with E-state index in [2.05, 4.69) is 10.3 Å². The van der Waals surface area contributed by atoms with Crippen molar-refractivity contribution in [1.29, 1.82) is 0 Å². The molecule has 0 saturated heterocycles. The Bertz CT molecular complexity index is 729. The Kier molecular flexibility index (Phi) is 3.69. The van der Waals surface area contributed by atoms with Crippen LogP contribution in [0.25, 0.3) is 0 Å². The number of benzene rings is 2. The van der Waals surface area contributed by atoms with Crippen molar-refractivity contribution < 1.29 is 4.74 Å². The van der Waals surface area contributed by atoms with E-state index in [1.807, 2.05) is 60.7 Å². The number of rotatable bonds is 4. The molecule has 0 aliphatic heterocycles. The van der Waals surface area contributed by atoms with E-state index in [0.29, 0.717) is 5.69 Å². The molecule has 2 aromatic carbocycles. The molecular weight excluding hydrogens is 262 g/mol. The van der Waals surface area contributed by atoms with Crippen molar-refractivity contribution in [3.63, 3.8) is 0 Å². The first-order valence-electron chi connectivity index (χ1n) is 6.60. The molecule has 0 amide bonds. The Balaban J connectivity index is 1.77. The van der Waals surface area contributed by atoms with Gasteiger partial charge in [-0.25, -0.2) is 0 Å². The molecule has 0 atom stereocenters. The quantitative estimate of drug-likeness (QED) is 0.750. The Morgan fingerprint density at radius 1 is 0.810 bits per heavy atom. The second kappa shape index (κ2) is 5.96. The van der Waals surface area contributed by atoms with E-state index in [0.717, 1.165) is 22.9 Å². The summed E-state index contributed by atoms with van der Waals surface area (Å²) >= 11 is 0. The molecule has 1 aromatic heterocycles. The maximum absolute atomic E-state index is 5.80. The summed E-state index contributed by atoms with van der Waals surface area (Å²) in [6, 6.07) is 19.2. The molecule has 0 fully saturated rings. The molecule has 0 radical (unpaired) electrons. The average Bonchev–Trinajstić information content (AvgIpc) is 2.49. The summed E-state index contributed by atoms with van der Waals surface area (Å²) in [5.74, 6) is 1.57. The van der Waals surface area contributed by atoms with Crippen LogP contribution in [0.1, 0.15) is 0 Å². The fraction of sp³-hybridized carbons (Fsp3) is 0. The lowest BCUT2D eigenvalue weighted by atomic mass is 10.2. The van der Waals surface area contributed by atoms with Gasteiger partial charge < -0.3 is 15.8 Å². The third-order valence-corrected chi connectivity index (χ3v) is 2.86. The van der Waals surface area contributed by atoms with Gasteiger partial charge in [-0.1, -0.05) is 24.3 Å². The Labute approximate surface area is 123 Å². The van der Waals surface area contributed by atoms with E-state index in [-0.39, 0.29) is 0 Å².